The quantitative estimate of drug-likeness (QED) is 0.848. The van der Waals surface area contributed by atoms with Crippen LogP contribution >= 0.6 is 0 Å². The Morgan fingerprint density at radius 3 is 2.59 bits per heavy atom. The van der Waals surface area contributed by atoms with E-state index in [1.54, 1.807) is 12.4 Å². The van der Waals surface area contributed by atoms with Gasteiger partial charge < -0.3 is 14.7 Å². The number of likely N-dealkylation sites (tertiary alicyclic amines) is 2. The lowest BCUT2D eigenvalue weighted by molar-refractivity contribution is -0.131. The Morgan fingerprint density at radius 2 is 1.93 bits per heavy atom. The minimum atomic E-state index is -0.0196. The summed E-state index contributed by atoms with van der Waals surface area (Å²) in [6.07, 6.45) is 8.92. The number of aromatic nitrogens is 2. The third-order valence-electron chi connectivity index (χ3n) is 6.71. The van der Waals surface area contributed by atoms with Gasteiger partial charge in [0.1, 0.15) is 0 Å². The lowest BCUT2D eigenvalue weighted by Crippen LogP contribution is -2.43. The van der Waals surface area contributed by atoms with E-state index in [1.165, 1.54) is 25.7 Å². The largest absolute Gasteiger partial charge is 0.342 e. The molecule has 1 aromatic rings. The number of fused-ring (bicyclic) bond motifs is 1. The predicted molar refractivity (Wildman–Crippen MR) is 102 cm³/mol. The number of hydrogen-bond donors (Lipinski definition) is 1. The summed E-state index contributed by atoms with van der Waals surface area (Å²) < 4.78 is 0. The summed E-state index contributed by atoms with van der Waals surface area (Å²) in [5.41, 5.74) is 0.595. The van der Waals surface area contributed by atoms with Crippen LogP contribution in [0.25, 0.3) is 0 Å². The van der Waals surface area contributed by atoms with Crippen molar-refractivity contribution in [1.29, 1.82) is 0 Å². The van der Waals surface area contributed by atoms with Crippen molar-refractivity contribution in [3.8, 4) is 0 Å². The molecule has 3 aliphatic rings. The van der Waals surface area contributed by atoms with Crippen molar-refractivity contribution in [2.75, 3.05) is 46.8 Å². The zero-order valence-corrected chi connectivity index (χ0v) is 16.5. The highest BCUT2D eigenvalue weighted by Gasteiger charge is 2.54. The Morgan fingerprint density at radius 1 is 1.22 bits per heavy atom. The third kappa shape index (κ3) is 3.61. The van der Waals surface area contributed by atoms with Gasteiger partial charge in [-0.2, -0.15) is 5.10 Å². The molecule has 0 radical (unpaired) electrons. The summed E-state index contributed by atoms with van der Waals surface area (Å²) >= 11 is 0. The van der Waals surface area contributed by atoms with Crippen molar-refractivity contribution in [1.82, 2.24) is 24.9 Å². The third-order valence-corrected chi connectivity index (χ3v) is 6.71. The van der Waals surface area contributed by atoms with Gasteiger partial charge in [0.2, 0.25) is 5.91 Å². The maximum absolute atomic E-state index is 12.9. The van der Waals surface area contributed by atoms with Gasteiger partial charge in [-0.25, -0.2) is 0 Å². The molecule has 0 aromatic carbocycles. The normalized spacial score (nSPS) is 28.3. The zero-order valence-electron chi connectivity index (χ0n) is 16.5. The predicted octanol–water partition coefficient (Wildman–Crippen LogP) is 1.45. The summed E-state index contributed by atoms with van der Waals surface area (Å²) in [6, 6.07) is 0. The molecular weight excluding hydrogens is 342 g/mol. The number of rotatable bonds is 5. The van der Waals surface area contributed by atoms with Gasteiger partial charge in [0.25, 0.3) is 5.91 Å². The fourth-order valence-electron chi connectivity index (χ4n) is 5.52. The smallest absolute Gasteiger partial charge is 0.257 e. The van der Waals surface area contributed by atoms with Gasteiger partial charge in [0.05, 0.1) is 11.8 Å². The first-order valence-electron chi connectivity index (χ1n) is 10.2. The van der Waals surface area contributed by atoms with E-state index < -0.39 is 0 Å². The summed E-state index contributed by atoms with van der Waals surface area (Å²) in [7, 11) is 4.16. The van der Waals surface area contributed by atoms with Crippen molar-refractivity contribution in [2.24, 2.45) is 17.3 Å². The molecule has 148 valence electrons. The number of H-pyrrole nitrogens is 1. The van der Waals surface area contributed by atoms with E-state index in [-0.39, 0.29) is 11.3 Å². The van der Waals surface area contributed by atoms with Gasteiger partial charge >= 0.3 is 0 Å². The van der Waals surface area contributed by atoms with Crippen LogP contribution in [0.3, 0.4) is 0 Å². The average molecular weight is 374 g/mol. The van der Waals surface area contributed by atoms with E-state index in [9.17, 15) is 9.59 Å². The number of amides is 2. The highest BCUT2D eigenvalue weighted by atomic mass is 16.2. The number of carbonyl (C=O) groups is 2. The van der Waals surface area contributed by atoms with Crippen LogP contribution in [0.2, 0.25) is 0 Å². The van der Waals surface area contributed by atoms with Crippen LogP contribution in [0.15, 0.2) is 12.4 Å². The average Bonchev–Trinajstić information content (AvgIpc) is 3.37. The number of nitrogens with one attached hydrogen (secondary N) is 1. The second-order valence-corrected chi connectivity index (χ2v) is 9.10. The standard InChI is InChI=1S/C20H31N5O2/c1-23(2)12-20-13-24(18(26)7-15-5-3-4-6-15)10-17(20)11-25(14-20)19(27)16-8-21-22-9-16/h8-9,15,17H,3-7,10-14H2,1-2H3,(H,21,22)/t17-,20+/m1/s1. The highest BCUT2D eigenvalue weighted by molar-refractivity contribution is 5.94. The van der Waals surface area contributed by atoms with Gasteiger partial charge in [0.15, 0.2) is 0 Å². The molecule has 0 bridgehead atoms. The summed E-state index contributed by atoms with van der Waals surface area (Å²) in [6.45, 7) is 3.91. The first kappa shape index (κ1) is 18.5. The molecule has 0 spiro atoms. The monoisotopic (exact) mass is 373 g/mol. The molecule has 1 aromatic heterocycles. The Labute approximate surface area is 161 Å². The molecule has 3 heterocycles. The van der Waals surface area contributed by atoms with Gasteiger partial charge in [0, 0.05) is 56.7 Å². The van der Waals surface area contributed by atoms with Crippen molar-refractivity contribution in [3.05, 3.63) is 18.0 Å². The van der Waals surface area contributed by atoms with E-state index in [0.717, 1.165) is 26.2 Å². The zero-order chi connectivity index (χ0) is 19.0. The molecule has 1 saturated carbocycles. The van der Waals surface area contributed by atoms with Crippen molar-refractivity contribution < 1.29 is 9.59 Å². The molecule has 1 N–H and O–H groups in total. The van der Waals surface area contributed by atoms with Gasteiger partial charge in [-0.05, 0) is 32.9 Å². The number of carbonyl (C=O) groups excluding carboxylic acids is 2. The Hall–Kier alpha value is -1.89. The molecule has 7 heteroatoms. The van der Waals surface area contributed by atoms with Crippen LogP contribution in [0.4, 0.5) is 0 Å². The van der Waals surface area contributed by atoms with Crippen molar-refractivity contribution in [3.63, 3.8) is 0 Å². The molecule has 3 fully saturated rings. The van der Waals surface area contributed by atoms with E-state index in [2.05, 4.69) is 34.1 Å². The number of hydrogen-bond acceptors (Lipinski definition) is 4. The summed E-state index contributed by atoms with van der Waals surface area (Å²) in [5, 5.41) is 6.63. The van der Waals surface area contributed by atoms with Crippen LogP contribution in [0.5, 0.6) is 0 Å². The van der Waals surface area contributed by atoms with Crippen LogP contribution in [0.1, 0.15) is 42.5 Å². The fraction of sp³-hybridized carbons (Fsp3) is 0.750. The SMILES string of the molecule is CN(C)C[C@@]12CN(C(=O)CC3CCCC3)C[C@@H]1CN(C(=O)c1cn[nH]c1)C2. The van der Waals surface area contributed by atoms with E-state index >= 15 is 0 Å². The van der Waals surface area contributed by atoms with Crippen LogP contribution in [-0.4, -0.2) is 83.5 Å². The highest BCUT2D eigenvalue weighted by Crippen LogP contribution is 2.44. The minimum absolute atomic E-state index is 0.0196. The summed E-state index contributed by atoms with van der Waals surface area (Å²) in [4.78, 5) is 31.9. The Balaban J connectivity index is 1.45. The van der Waals surface area contributed by atoms with E-state index in [4.69, 9.17) is 0 Å². The summed E-state index contributed by atoms with van der Waals surface area (Å²) in [5.74, 6) is 1.30. The maximum atomic E-state index is 12.9. The van der Waals surface area contributed by atoms with Crippen LogP contribution in [-0.2, 0) is 4.79 Å². The van der Waals surface area contributed by atoms with Gasteiger partial charge in [-0.3, -0.25) is 14.7 Å². The van der Waals surface area contributed by atoms with Gasteiger partial charge in [-0.15, -0.1) is 0 Å². The van der Waals surface area contributed by atoms with Crippen molar-refractivity contribution >= 4 is 11.8 Å². The van der Waals surface area contributed by atoms with Gasteiger partial charge in [-0.1, -0.05) is 12.8 Å². The van der Waals surface area contributed by atoms with E-state index in [0.29, 0.717) is 36.3 Å². The molecule has 2 aliphatic heterocycles. The van der Waals surface area contributed by atoms with Crippen LogP contribution < -0.4 is 0 Å². The Bertz CT molecular complexity index is 683. The second-order valence-electron chi connectivity index (χ2n) is 9.10. The number of nitrogens with zero attached hydrogens (tertiary/aromatic N) is 4. The van der Waals surface area contributed by atoms with Crippen LogP contribution in [0, 0.1) is 17.3 Å². The molecule has 27 heavy (non-hydrogen) atoms. The lowest BCUT2D eigenvalue weighted by atomic mass is 9.80. The minimum Gasteiger partial charge on any atom is -0.342 e. The second kappa shape index (κ2) is 7.26. The molecule has 4 rings (SSSR count). The molecule has 2 saturated heterocycles. The number of aromatic amines is 1. The molecule has 1 aliphatic carbocycles. The van der Waals surface area contributed by atoms with E-state index in [1.807, 2.05) is 4.90 Å². The first-order chi connectivity index (χ1) is 13.0. The fourth-order valence-corrected chi connectivity index (χ4v) is 5.52. The molecule has 0 unspecified atom stereocenters. The van der Waals surface area contributed by atoms with Crippen molar-refractivity contribution in [2.45, 2.75) is 32.1 Å². The molecular formula is C20H31N5O2. The Kier molecular flexibility index (Phi) is 4.97. The molecule has 7 nitrogen and oxygen atoms in total. The maximum Gasteiger partial charge on any atom is 0.257 e. The topological polar surface area (TPSA) is 72.5 Å². The molecule has 2 atom stereocenters. The first-order valence-corrected chi connectivity index (χ1v) is 10.2. The molecule has 2 amide bonds. The lowest BCUT2D eigenvalue weighted by Gasteiger charge is -2.32.